The predicted octanol–water partition coefficient (Wildman–Crippen LogP) is 3.91. The third-order valence-corrected chi connectivity index (χ3v) is 3.91. The Morgan fingerprint density at radius 3 is 2.30 bits per heavy atom. The molecule has 2 rings (SSSR count). The van der Waals surface area contributed by atoms with E-state index >= 15 is 0 Å². The van der Waals surface area contributed by atoms with E-state index in [0.29, 0.717) is 10.6 Å². The van der Waals surface area contributed by atoms with E-state index in [1.54, 1.807) is 24.3 Å². The van der Waals surface area contributed by atoms with Crippen LogP contribution >= 0.6 is 23.2 Å². The molecule has 2 aromatic carbocycles. The zero-order valence-electron chi connectivity index (χ0n) is 10.6. The van der Waals surface area contributed by atoms with Gasteiger partial charge in [0.25, 0.3) is 0 Å². The number of rotatable bonds is 4. The normalized spacial score (nSPS) is 14.1. The first kappa shape index (κ1) is 15.3. The second-order valence-electron chi connectivity index (χ2n) is 4.44. The zero-order valence-corrected chi connectivity index (χ0v) is 12.1. The molecule has 0 saturated heterocycles. The van der Waals surface area contributed by atoms with E-state index in [2.05, 4.69) is 0 Å². The van der Waals surface area contributed by atoms with Crippen molar-refractivity contribution in [3.8, 4) is 0 Å². The van der Waals surface area contributed by atoms with Gasteiger partial charge in [0.15, 0.2) is 0 Å². The van der Waals surface area contributed by atoms with Gasteiger partial charge in [-0.3, -0.25) is 0 Å². The van der Waals surface area contributed by atoms with E-state index < -0.39 is 17.8 Å². The average Bonchev–Trinajstić information content (AvgIpc) is 2.41. The summed E-state index contributed by atoms with van der Waals surface area (Å²) in [5, 5.41) is 11.1. The Bertz CT molecular complexity index is 586. The molecule has 2 nitrogen and oxygen atoms in total. The predicted molar refractivity (Wildman–Crippen MR) is 79.6 cm³/mol. The highest BCUT2D eigenvalue weighted by molar-refractivity contribution is 6.31. The summed E-state index contributed by atoms with van der Waals surface area (Å²) >= 11 is 12.1. The van der Waals surface area contributed by atoms with Crippen molar-refractivity contribution in [3.05, 3.63) is 69.5 Å². The number of nitrogens with two attached hydrogens (primary N) is 1. The maximum Gasteiger partial charge on any atom is 0.130 e. The maximum atomic E-state index is 13.9. The first-order valence-electron chi connectivity index (χ1n) is 6.12. The molecule has 2 atom stereocenters. The van der Waals surface area contributed by atoms with Gasteiger partial charge in [-0.15, -0.1) is 0 Å². The lowest BCUT2D eigenvalue weighted by Gasteiger charge is -2.24. The molecule has 0 aromatic heterocycles. The number of aliphatic hydroxyl groups excluding tert-OH is 1. The molecule has 0 heterocycles. The van der Waals surface area contributed by atoms with Gasteiger partial charge in [0, 0.05) is 28.1 Å². The fourth-order valence-electron chi connectivity index (χ4n) is 2.20. The fourth-order valence-corrected chi connectivity index (χ4v) is 2.75. The van der Waals surface area contributed by atoms with Crippen molar-refractivity contribution in [2.45, 2.75) is 12.0 Å². The summed E-state index contributed by atoms with van der Waals surface area (Å²) in [6.45, 7) is 0.121. The van der Waals surface area contributed by atoms with Crippen LogP contribution in [0.15, 0.2) is 42.5 Å². The number of aliphatic hydroxyl groups is 1. The van der Waals surface area contributed by atoms with E-state index in [0.717, 1.165) is 0 Å². The summed E-state index contributed by atoms with van der Waals surface area (Å²) in [6.07, 6.45) is -1.16. The Morgan fingerprint density at radius 1 is 1.05 bits per heavy atom. The first-order valence-corrected chi connectivity index (χ1v) is 6.88. The number of benzene rings is 2. The van der Waals surface area contributed by atoms with Gasteiger partial charge in [-0.25, -0.2) is 4.39 Å². The van der Waals surface area contributed by atoms with Crippen LogP contribution in [0.4, 0.5) is 4.39 Å². The van der Waals surface area contributed by atoms with Crippen LogP contribution in [0.5, 0.6) is 0 Å². The third kappa shape index (κ3) is 2.96. The standard InChI is InChI=1S/C15H14Cl2FNO/c16-11-5-2-1-4-9(11)10(8-19)15(20)14-12(17)6-3-7-13(14)18/h1-7,10,15,20H,8,19H2. The minimum absolute atomic E-state index is 0.0459. The van der Waals surface area contributed by atoms with Gasteiger partial charge in [0.1, 0.15) is 5.82 Å². The van der Waals surface area contributed by atoms with Gasteiger partial charge in [0.2, 0.25) is 0 Å². The van der Waals surface area contributed by atoms with E-state index in [9.17, 15) is 9.50 Å². The van der Waals surface area contributed by atoms with Crippen LogP contribution < -0.4 is 5.73 Å². The lowest BCUT2D eigenvalue weighted by molar-refractivity contribution is 0.143. The van der Waals surface area contributed by atoms with Crippen LogP contribution in [0, 0.1) is 5.82 Å². The summed E-state index contributed by atoms with van der Waals surface area (Å²) in [6, 6.07) is 11.3. The molecule has 0 aliphatic carbocycles. The topological polar surface area (TPSA) is 46.2 Å². The second kappa shape index (κ2) is 6.55. The van der Waals surface area contributed by atoms with Gasteiger partial charge in [-0.2, -0.15) is 0 Å². The minimum Gasteiger partial charge on any atom is -0.388 e. The maximum absolute atomic E-state index is 13.9. The Labute approximate surface area is 126 Å². The van der Waals surface area contributed by atoms with Crippen molar-refractivity contribution in [1.82, 2.24) is 0 Å². The van der Waals surface area contributed by atoms with Crippen LogP contribution in [-0.4, -0.2) is 11.7 Å². The molecular formula is C15H14Cl2FNO. The van der Waals surface area contributed by atoms with E-state index in [1.165, 1.54) is 18.2 Å². The molecule has 0 aliphatic rings. The SMILES string of the molecule is NCC(c1ccccc1Cl)C(O)c1c(F)cccc1Cl. The van der Waals surface area contributed by atoms with Crippen LogP contribution in [0.25, 0.3) is 0 Å². The molecule has 0 spiro atoms. The third-order valence-electron chi connectivity index (χ3n) is 3.24. The molecular weight excluding hydrogens is 300 g/mol. The highest BCUT2D eigenvalue weighted by atomic mass is 35.5. The first-order chi connectivity index (χ1) is 9.56. The number of halogens is 3. The largest absolute Gasteiger partial charge is 0.388 e. The molecule has 0 aliphatic heterocycles. The Morgan fingerprint density at radius 2 is 1.70 bits per heavy atom. The molecule has 2 aromatic rings. The smallest absolute Gasteiger partial charge is 0.130 e. The molecule has 3 N–H and O–H groups in total. The molecule has 0 radical (unpaired) electrons. The van der Waals surface area contributed by atoms with Gasteiger partial charge in [-0.1, -0.05) is 47.5 Å². The van der Waals surface area contributed by atoms with Crippen LogP contribution in [0.1, 0.15) is 23.1 Å². The lowest BCUT2D eigenvalue weighted by Crippen LogP contribution is -2.21. The molecule has 106 valence electrons. The van der Waals surface area contributed by atoms with E-state index in [1.807, 2.05) is 0 Å². The van der Waals surface area contributed by atoms with Crippen LogP contribution in [0.2, 0.25) is 10.0 Å². The summed E-state index contributed by atoms with van der Waals surface area (Å²) in [5.41, 5.74) is 6.44. The van der Waals surface area contributed by atoms with Crippen molar-refractivity contribution < 1.29 is 9.50 Å². The van der Waals surface area contributed by atoms with Gasteiger partial charge in [-0.05, 0) is 23.8 Å². The van der Waals surface area contributed by atoms with Gasteiger partial charge in [0.05, 0.1) is 6.10 Å². The van der Waals surface area contributed by atoms with Crippen molar-refractivity contribution in [2.75, 3.05) is 6.54 Å². The van der Waals surface area contributed by atoms with E-state index in [-0.39, 0.29) is 17.1 Å². The molecule has 0 bridgehead atoms. The molecule has 5 heteroatoms. The highest BCUT2D eigenvalue weighted by Gasteiger charge is 2.27. The van der Waals surface area contributed by atoms with Gasteiger partial charge >= 0.3 is 0 Å². The zero-order chi connectivity index (χ0) is 14.7. The average molecular weight is 314 g/mol. The second-order valence-corrected chi connectivity index (χ2v) is 5.26. The quantitative estimate of drug-likeness (QED) is 0.899. The molecule has 0 saturated carbocycles. The number of hydrogen-bond donors (Lipinski definition) is 2. The Hall–Kier alpha value is -1.13. The molecule has 0 amide bonds. The van der Waals surface area contributed by atoms with Crippen molar-refractivity contribution in [2.24, 2.45) is 5.73 Å². The van der Waals surface area contributed by atoms with Gasteiger partial charge < -0.3 is 10.8 Å². The Balaban J connectivity index is 2.45. The van der Waals surface area contributed by atoms with E-state index in [4.69, 9.17) is 28.9 Å². The summed E-state index contributed by atoms with van der Waals surface area (Å²) < 4.78 is 13.9. The van der Waals surface area contributed by atoms with Crippen molar-refractivity contribution in [3.63, 3.8) is 0 Å². The van der Waals surface area contributed by atoms with Crippen molar-refractivity contribution >= 4 is 23.2 Å². The Kier molecular flexibility index (Phi) is 5.00. The monoisotopic (exact) mass is 313 g/mol. The molecule has 20 heavy (non-hydrogen) atoms. The molecule has 2 unspecified atom stereocenters. The van der Waals surface area contributed by atoms with Crippen molar-refractivity contribution in [1.29, 1.82) is 0 Å². The summed E-state index contributed by atoms with van der Waals surface area (Å²) in [7, 11) is 0. The molecule has 0 fully saturated rings. The minimum atomic E-state index is -1.16. The number of hydrogen-bond acceptors (Lipinski definition) is 2. The fraction of sp³-hybridized carbons (Fsp3) is 0.200. The van der Waals surface area contributed by atoms with Crippen LogP contribution in [0.3, 0.4) is 0 Å². The highest BCUT2D eigenvalue weighted by Crippen LogP contribution is 2.37. The van der Waals surface area contributed by atoms with Crippen LogP contribution in [-0.2, 0) is 0 Å². The lowest BCUT2D eigenvalue weighted by atomic mass is 9.89. The summed E-state index contributed by atoms with van der Waals surface area (Å²) in [4.78, 5) is 0. The summed E-state index contributed by atoms with van der Waals surface area (Å²) in [5.74, 6) is -1.09.